The molecular weight excluding hydrogens is 323 g/mol. The van der Waals surface area contributed by atoms with Crippen LogP contribution in [0.15, 0.2) is 18.2 Å². The second kappa shape index (κ2) is 8.16. The number of halogens is 2. The highest BCUT2D eigenvalue weighted by atomic mass is 35.5. The summed E-state index contributed by atoms with van der Waals surface area (Å²) in [5.41, 5.74) is 0.526. The van der Waals surface area contributed by atoms with Crippen molar-refractivity contribution in [2.75, 3.05) is 33.4 Å². The van der Waals surface area contributed by atoms with Crippen molar-refractivity contribution in [3.05, 3.63) is 33.8 Å². The fourth-order valence-electron chi connectivity index (χ4n) is 2.86. The standard InChI is InChI=1S/C16H22Cl2N2O2/c1-22-11-16(6-9-19-10-7-16)15(21)20-8-5-12-3-2-4-13(17)14(12)18/h2-4,19H,5-11H2,1H3,(H,20,21). The average Bonchev–Trinajstić information content (AvgIpc) is 2.52. The van der Waals surface area contributed by atoms with Crippen molar-refractivity contribution < 1.29 is 9.53 Å². The summed E-state index contributed by atoms with van der Waals surface area (Å²) in [5.74, 6) is 0.0639. The first kappa shape index (κ1) is 17.5. The van der Waals surface area contributed by atoms with E-state index in [1.54, 1.807) is 13.2 Å². The molecule has 1 saturated heterocycles. The summed E-state index contributed by atoms with van der Waals surface area (Å²) in [6.45, 7) is 2.68. The van der Waals surface area contributed by atoms with Gasteiger partial charge in [-0.2, -0.15) is 0 Å². The Balaban J connectivity index is 1.92. The molecule has 2 rings (SSSR count). The third-order valence-electron chi connectivity index (χ3n) is 4.17. The Morgan fingerprint density at radius 1 is 1.36 bits per heavy atom. The summed E-state index contributed by atoms with van der Waals surface area (Å²) in [7, 11) is 1.64. The lowest BCUT2D eigenvalue weighted by Gasteiger charge is -2.35. The average molecular weight is 345 g/mol. The first-order chi connectivity index (χ1) is 10.6. The largest absolute Gasteiger partial charge is 0.384 e. The van der Waals surface area contributed by atoms with Crippen molar-refractivity contribution in [2.45, 2.75) is 19.3 Å². The topological polar surface area (TPSA) is 50.4 Å². The van der Waals surface area contributed by atoms with Gasteiger partial charge in [0.2, 0.25) is 5.91 Å². The highest BCUT2D eigenvalue weighted by Gasteiger charge is 2.39. The lowest BCUT2D eigenvalue weighted by molar-refractivity contribution is -0.136. The summed E-state index contributed by atoms with van der Waals surface area (Å²) in [6.07, 6.45) is 2.25. The van der Waals surface area contributed by atoms with Crippen molar-refractivity contribution >= 4 is 29.1 Å². The Morgan fingerprint density at radius 3 is 2.77 bits per heavy atom. The van der Waals surface area contributed by atoms with Crippen LogP contribution in [0.1, 0.15) is 18.4 Å². The molecule has 1 aromatic carbocycles. The van der Waals surface area contributed by atoms with Gasteiger partial charge in [0, 0.05) is 13.7 Å². The van der Waals surface area contributed by atoms with Crippen LogP contribution in [-0.4, -0.2) is 39.3 Å². The van der Waals surface area contributed by atoms with Gasteiger partial charge in [0.1, 0.15) is 0 Å². The van der Waals surface area contributed by atoms with Crippen molar-refractivity contribution in [3.8, 4) is 0 Å². The van der Waals surface area contributed by atoms with E-state index in [-0.39, 0.29) is 5.91 Å². The molecule has 4 nitrogen and oxygen atoms in total. The number of carbonyl (C=O) groups excluding carboxylic acids is 1. The van der Waals surface area contributed by atoms with Gasteiger partial charge in [-0.25, -0.2) is 0 Å². The molecule has 0 atom stereocenters. The summed E-state index contributed by atoms with van der Waals surface area (Å²) in [6, 6.07) is 5.55. The first-order valence-electron chi connectivity index (χ1n) is 7.50. The summed E-state index contributed by atoms with van der Waals surface area (Å²) >= 11 is 12.2. The Kier molecular flexibility index (Phi) is 6.50. The van der Waals surface area contributed by atoms with E-state index in [2.05, 4.69) is 10.6 Å². The van der Waals surface area contributed by atoms with E-state index >= 15 is 0 Å². The van der Waals surface area contributed by atoms with E-state index < -0.39 is 5.41 Å². The number of hydrogen-bond acceptors (Lipinski definition) is 3. The summed E-state index contributed by atoms with van der Waals surface area (Å²) in [4.78, 5) is 12.6. The fraction of sp³-hybridized carbons (Fsp3) is 0.562. The molecule has 0 unspecified atom stereocenters. The van der Waals surface area contributed by atoms with Crippen LogP contribution in [0.4, 0.5) is 0 Å². The van der Waals surface area contributed by atoms with Gasteiger partial charge in [0.25, 0.3) is 0 Å². The Labute approximate surface area is 141 Å². The van der Waals surface area contributed by atoms with Crippen LogP contribution in [0.25, 0.3) is 0 Å². The number of rotatable bonds is 6. The van der Waals surface area contributed by atoms with Gasteiger partial charge in [0.15, 0.2) is 0 Å². The van der Waals surface area contributed by atoms with E-state index in [0.29, 0.717) is 29.6 Å². The van der Waals surface area contributed by atoms with Gasteiger partial charge >= 0.3 is 0 Å². The monoisotopic (exact) mass is 344 g/mol. The van der Waals surface area contributed by atoms with E-state index in [9.17, 15) is 4.79 Å². The molecular formula is C16H22Cl2N2O2. The number of hydrogen-bond donors (Lipinski definition) is 2. The molecule has 1 fully saturated rings. The minimum absolute atomic E-state index is 0.0639. The molecule has 1 amide bonds. The Hall–Kier alpha value is -0.810. The third kappa shape index (κ3) is 4.13. The number of amides is 1. The second-order valence-electron chi connectivity index (χ2n) is 5.68. The predicted molar refractivity (Wildman–Crippen MR) is 89.6 cm³/mol. The molecule has 6 heteroatoms. The number of ether oxygens (including phenoxy) is 1. The molecule has 0 spiro atoms. The maximum Gasteiger partial charge on any atom is 0.228 e. The number of methoxy groups -OCH3 is 1. The third-order valence-corrected chi connectivity index (χ3v) is 5.03. The highest BCUT2D eigenvalue weighted by molar-refractivity contribution is 6.42. The zero-order chi connectivity index (χ0) is 16.0. The van der Waals surface area contributed by atoms with Crippen molar-refractivity contribution in [2.24, 2.45) is 5.41 Å². The van der Waals surface area contributed by atoms with Crippen LogP contribution < -0.4 is 10.6 Å². The van der Waals surface area contributed by atoms with Gasteiger partial charge in [0.05, 0.1) is 22.1 Å². The highest BCUT2D eigenvalue weighted by Crippen LogP contribution is 2.29. The molecule has 1 aliphatic heterocycles. The van der Waals surface area contributed by atoms with Gasteiger partial charge in [-0.15, -0.1) is 0 Å². The zero-order valence-corrected chi connectivity index (χ0v) is 14.3. The number of benzene rings is 1. The minimum atomic E-state index is -0.419. The van der Waals surface area contributed by atoms with Gasteiger partial charge < -0.3 is 15.4 Å². The molecule has 0 bridgehead atoms. The second-order valence-corrected chi connectivity index (χ2v) is 6.47. The van der Waals surface area contributed by atoms with Gasteiger partial charge in [-0.1, -0.05) is 35.3 Å². The quantitative estimate of drug-likeness (QED) is 0.834. The minimum Gasteiger partial charge on any atom is -0.384 e. The van der Waals surface area contributed by atoms with Crippen molar-refractivity contribution in [1.82, 2.24) is 10.6 Å². The molecule has 1 heterocycles. The predicted octanol–water partition coefficient (Wildman–Crippen LogP) is 2.67. The van der Waals surface area contributed by atoms with Gasteiger partial charge in [-0.05, 0) is 44.0 Å². The lowest BCUT2D eigenvalue weighted by atomic mass is 9.78. The van der Waals surface area contributed by atoms with E-state index in [4.69, 9.17) is 27.9 Å². The summed E-state index contributed by atoms with van der Waals surface area (Å²) in [5, 5.41) is 7.41. The van der Waals surface area contributed by atoms with Crippen LogP contribution in [0.3, 0.4) is 0 Å². The van der Waals surface area contributed by atoms with Crippen LogP contribution >= 0.6 is 23.2 Å². The van der Waals surface area contributed by atoms with Crippen LogP contribution in [-0.2, 0) is 16.0 Å². The molecule has 0 saturated carbocycles. The number of piperidine rings is 1. The van der Waals surface area contributed by atoms with E-state index in [0.717, 1.165) is 31.5 Å². The van der Waals surface area contributed by atoms with Crippen LogP contribution in [0.5, 0.6) is 0 Å². The zero-order valence-electron chi connectivity index (χ0n) is 12.8. The maximum atomic E-state index is 12.6. The number of carbonyl (C=O) groups is 1. The molecule has 0 radical (unpaired) electrons. The van der Waals surface area contributed by atoms with Crippen molar-refractivity contribution in [3.63, 3.8) is 0 Å². The molecule has 122 valence electrons. The fourth-order valence-corrected chi connectivity index (χ4v) is 3.27. The van der Waals surface area contributed by atoms with Crippen LogP contribution in [0.2, 0.25) is 10.0 Å². The first-order valence-corrected chi connectivity index (χ1v) is 8.25. The molecule has 2 N–H and O–H groups in total. The van der Waals surface area contributed by atoms with E-state index in [1.165, 1.54) is 0 Å². The smallest absolute Gasteiger partial charge is 0.228 e. The molecule has 1 aliphatic rings. The summed E-state index contributed by atoms with van der Waals surface area (Å²) < 4.78 is 5.28. The molecule has 0 aromatic heterocycles. The normalized spacial score (nSPS) is 17.2. The SMILES string of the molecule is COCC1(C(=O)NCCc2cccc(Cl)c2Cl)CCNCC1. The Bertz CT molecular complexity index is 511. The Morgan fingerprint density at radius 2 is 2.09 bits per heavy atom. The van der Waals surface area contributed by atoms with Gasteiger partial charge in [-0.3, -0.25) is 4.79 Å². The van der Waals surface area contributed by atoms with Crippen LogP contribution in [0, 0.1) is 5.41 Å². The molecule has 0 aliphatic carbocycles. The lowest BCUT2D eigenvalue weighted by Crippen LogP contribution is -2.50. The number of nitrogens with one attached hydrogen (secondary N) is 2. The van der Waals surface area contributed by atoms with E-state index in [1.807, 2.05) is 12.1 Å². The molecule has 22 heavy (non-hydrogen) atoms. The maximum absolute atomic E-state index is 12.6. The molecule has 1 aromatic rings. The van der Waals surface area contributed by atoms with Crippen molar-refractivity contribution in [1.29, 1.82) is 0 Å².